The van der Waals surface area contributed by atoms with Crippen molar-refractivity contribution in [1.29, 1.82) is 0 Å². The molecule has 0 aromatic carbocycles. The third-order valence-corrected chi connectivity index (χ3v) is 2.21. The Bertz CT molecular complexity index is 443. The molecule has 1 unspecified atom stereocenters. The number of Topliss-reactive ketones (excluding diaryl/α,β-unsaturated/α-hetero) is 1. The van der Waals surface area contributed by atoms with Crippen molar-refractivity contribution < 1.29 is 4.79 Å². The van der Waals surface area contributed by atoms with E-state index in [0.717, 1.165) is 5.52 Å². The molecule has 0 spiro atoms. The lowest BCUT2D eigenvalue weighted by atomic mass is 10.1. The van der Waals surface area contributed by atoms with Crippen LogP contribution < -0.4 is 0 Å². The Morgan fingerprint density at radius 1 is 1.57 bits per heavy atom. The molecule has 72 valence electrons. The number of aromatic amines is 1. The minimum Gasteiger partial charge on any atom is -0.340 e. The SMILES string of the molecule is CC(=O)C(C)c1nc2nnccc2[nH]1. The number of imidazole rings is 1. The van der Waals surface area contributed by atoms with E-state index in [2.05, 4.69) is 20.2 Å². The second-order valence-corrected chi connectivity index (χ2v) is 3.22. The Morgan fingerprint density at radius 3 is 3.00 bits per heavy atom. The maximum Gasteiger partial charge on any atom is 0.199 e. The van der Waals surface area contributed by atoms with Crippen molar-refractivity contribution in [2.24, 2.45) is 0 Å². The summed E-state index contributed by atoms with van der Waals surface area (Å²) in [6.45, 7) is 3.36. The number of rotatable bonds is 2. The van der Waals surface area contributed by atoms with Gasteiger partial charge in [-0.15, -0.1) is 5.10 Å². The van der Waals surface area contributed by atoms with E-state index in [1.165, 1.54) is 0 Å². The van der Waals surface area contributed by atoms with Crippen LogP contribution in [0.5, 0.6) is 0 Å². The summed E-state index contributed by atoms with van der Waals surface area (Å²) >= 11 is 0. The highest BCUT2D eigenvalue weighted by molar-refractivity contribution is 5.83. The van der Waals surface area contributed by atoms with Gasteiger partial charge in [-0.1, -0.05) is 0 Å². The minimum atomic E-state index is -0.218. The number of ketones is 1. The van der Waals surface area contributed by atoms with Crippen LogP contribution in [0.1, 0.15) is 25.6 Å². The van der Waals surface area contributed by atoms with Gasteiger partial charge in [0.25, 0.3) is 0 Å². The zero-order valence-corrected chi connectivity index (χ0v) is 7.98. The lowest BCUT2D eigenvalue weighted by molar-refractivity contribution is -0.118. The monoisotopic (exact) mass is 190 g/mol. The Morgan fingerprint density at radius 2 is 2.36 bits per heavy atom. The number of carbonyl (C=O) groups is 1. The Hall–Kier alpha value is -1.78. The quantitative estimate of drug-likeness (QED) is 0.768. The van der Waals surface area contributed by atoms with Gasteiger partial charge in [0.1, 0.15) is 11.6 Å². The normalized spacial score (nSPS) is 13.0. The average molecular weight is 190 g/mol. The fourth-order valence-electron chi connectivity index (χ4n) is 1.18. The zero-order chi connectivity index (χ0) is 10.1. The molecule has 0 fully saturated rings. The third kappa shape index (κ3) is 1.37. The van der Waals surface area contributed by atoms with E-state index in [-0.39, 0.29) is 11.7 Å². The number of H-pyrrole nitrogens is 1. The molecule has 0 aliphatic heterocycles. The van der Waals surface area contributed by atoms with Crippen LogP contribution in [0.15, 0.2) is 12.3 Å². The molecule has 0 bridgehead atoms. The highest BCUT2D eigenvalue weighted by atomic mass is 16.1. The Kier molecular flexibility index (Phi) is 1.99. The van der Waals surface area contributed by atoms with Gasteiger partial charge in [-0.3, -0.25) is 4.79 Å². The van der Waals surface area contributed by atoms with Gasteiger partial charge in [0.05, 0.1) is 17.6 Å². The number of fused-ring (bicyclic) bond motifs is 1. The fraction of sp³-hybridized carbons (Fsp3) is 0.333. The van der Waals surface area contributed by atoms with Crippen molar-refractivity contribution in [3.05, 3.63) is 18.1 Å². The molecule has 2 aromatic rings. The number of nitrogens with zero attached hydrogens (tertiary/aromatic N) is 3. The van der Waals surface area contributed by atoms with E-state index >= 15 is 0 Å². The predicted molar refractivity (Wildman–Crippen MR) is 50.8 cm³/mol. The van der Waals surface area contributed by atoms with Crippen LogP contribution >= 0.6 is 0 Å². The predicted octanol–water partition coefficient (Wildman–Crippen LogP) is 1.05. The summed E-state index contributed by atoms with van der Waals surface area (Å²) in [7, 11) is 0. The number of carbonyl (C=O) groups excluding carboxylic acids is 1. The molecule has 2 rings (SSSR count). The van der Waals surface area contributed by atoms with Crippen molar-refractivity contribution in [2.45, 2.75) is 19.8 Å². The smallest absolute Gasteiger partial charge is 0.199 e. The van der Waals surface area contributed by atoms with Gasteiger partial charge in [0, 0.05) is 0 Å². The standard InChI is InChI=1S/C9H10N4O/c1-5(6(2)14)8-11-7-3-4-10-13-9(7)12-8/h3-5H,1-2H3,(H,11,12,13). The molecule has 0 saturated carbocycles. The lowest BCUT2D eigenvalue weighted by Gasteiger charge is -2.00. The van der Waals surface area contributed by atoms with Gasteiger partial charge in [-0.2, -0.15) is 5.10 Å². The van der Waals surface area contributed by atoms with E-state index in [1.807, 2.05) is 6.92 Å². The molecule has 5 heteroatoms. The molecule has 14 heavy (non-hydrogen) atoms. The molecule has 2 heterocycles. The van der Waals surface area contributed by atoms with Gasteiger partial charge in [-0.25, -0.2) is 4.98 Å². The van der Waals surface area contributed by atoms with Gasteiger partial charge in [-0.05, 0) is 19.9 Å². The maximum absolute atomic E-state index is 11.1. The molecule has 0 saturated heterocycles. The van der Waals surface area contributed by atoms with E-state index in [9.17, 15) is 4.79 Å². The van der Waals surface area contributed by atoms with Crippen LogP contribution in [0.2, 0.25) is 0 Å². The summed E-state index contributed by atoms with van der Waals surface area (Å²) in [6.07, 6.45) is 1.59. The van der Waals surface area contributed by atoms with Crippen LogP contribution in [-0.4, -0.2) is 25.9 Å². The Balaban J connectivity index is 2.50. The number of hydrogen-bond acceptors (Lipinski definition) is 4. The van der Waals surface area contributed by atoms with E-state index in [1.54, 1.807) is 19.2 Å². The molecule has 0 aliphatic carbocycles. The number of aromatic nitrogens is 4. The summed E-state index contributed by atoms with van der Waals surface area (Å²) in [5, 5.41) is 7.55. The van der Waals surface area contributed by atoms with Crippen LogP contribution in [0, 0.1) is 0 Å². The minimum absolute atomic E-state index is 0.0806. The van der Waals surface area contributed by atoms with Crippen molar-refractivity contribution in [3.63, 3.8) is 0 Å². The second kappa shape index (κ2) is 3.17. The third-order valence-electron chi connectivity index (χ3n) is 2.21. The highest BCUT2D eigenvalue weighted by Crippen LogP contribution is 2.15. The first-order valence-corrected chi connectivity index (χ1v) is 4.36. The second-order valence-electron chi connectivity index (χ2n) is 3.22. The van der Waals surface area contributed by atoms with Crippen molar-refractivity contribution in [1.82, 2.24) is 20.2 Å². The van der Waals surface area contributed by atoms with Gasteiger partial charge >= 0.3 is 0 Å². The first-order chi connectivity index (χ1) is 6.68. The van der Waals surface area contributed by atoms with Crippen LogP contribution in [0.4, 0.5) is 0 Å². The van der Waals surface area contributed by atoms with Gasteiger partial charge in [0.2, 0.25) is 0 Å². The van der Waals surface area contributed by atoms with Gasteiger partial charge < -0.3 is 4.98 Å². The molecular weight excluding hydrogens is 180 g/mol. The van der Waals surface area contributed by atoms with E-state index in [0.29, 0.717) is 11.5 Å². The number of hydrogen-bond donors (Lipinski definition) is 1. The fourth-order valence-corrected chi connectivity index (χ4v) is 1.18. The summed E-state index contributed by atoms with van der Waals surface area (Å²) in [4.78, 5) is 18.4. The molecule has 1 N–H and O–H groups in total. The maximum atomic E-state index is 11.1. The van der Waals surface area contributed by atoms with Crippen LogP contribution in [-0.2, 0) is 4.79 Å². The largest absolute Gasteiger partial charge is 0.340 e. The molecule has 5 nitrogen and oxygen atoms in total. The topological polar surface area (TPSA) is 71.5 Å². The summed E-state index contributed by atoms with van der Waals surface area (Å²) in [5.74, 6) is 0.509. The van der Waals surface area contributed by atoms with Crippen molar-refractivity contribution in [3.8, 4) is 0 Å². The molecule has 1 atom stereocenters. The van der Waals surface area contributed by atoms with E-state index < -0.39 is 0 Å². The van der Waals surface area contributed by atoms with Crippen molar-refractivity contribution >= 4 is 16.9 Å². The molecular formula is C9H10N4O. The molecule has 0 amide bonds. The summed E-state index contributed by atoms with van der Waals surface area (Å²) < 4.78 is 0. The average Bonchev–Trinajstić information content (AvgIpc) is 2.59. The van der Waals surface area contributed by atoms with Crippen molar-refractivity contribution in [2.75, 3.05) is 0 Å². The van der Waals surface area contributed by atoms with Crippen LogP contribution in [0.3, 0.4) is 0 Å². The zero-order valence-electron chi connectivity index (χ0n) is 7.98. The molecule has 2 aromatic heterocycles. The Labute approximate surface area is 80.6 Å². The first kappa shape index (κ1) is 8.80. The van der Waals surface area contributed by atoms with E-state index in [4.69, 9.17) is 0 Å². The lowest BCUT2D eigenvalue weighted by Crippen LogP contribution is -2.05. The molecule has 0 aliphatic rings. The summed E-state index contributed by atoms with van der Waals surface area (Å²) in [6, 6.07) is 1.78. The van der Waals surface area contributed by atoms with Gasteiger partial charge in [0.15, 0.2) is 5.65 Å². The first-order valence-electron chi connectivity index (χ1n) is 4.36. The number of nitrogens with one attached hydrogen (secondary N) is 1. The molecule has 0 radical (unpaired) electrons. The van der Waals surface area contributed by atoms with Crippen LogP contribution in [0.25, 0.3) is 11.2 Å². The summed E-state index contributed by atoms with van der Waals surface area (Å²) in [5.41, 5.74) is 1.36. The highest BCUT2D eigenvalue weighted by Gasteiger charge is 2.15.